The van der Waals surface area contributed by atoms with Gasteiger partial charge in [-0.3, -0.25) is 9.59 Å². The Balaban J connectivity index is 3.57. The lowest BCUT2D eigenvalue weighted by Gasteiger charge is -2.07. The fourth-order valence-electron chi connectivity index (χ4n) is 2.08. The van der Waals surface area contributed by atoms with Gasteiger partial charge >= 0.3 is 5.97 Å². The molecular formula is C18H30O4. The molecule has 0 rings (SSSR count). The molecule has 0 aliphatic carbocycles. The number of Topliss-reactive ketones (excluding diaryl/α,β-unsaturated/α-hetero) is 1. The number of carbonyl (C=O) groups is 2. The van der Waals surface area contributed by atoms with Gasteiger partial charge in [0.15, 0.2) is 5.78 Å². The van der Waals surface area contributed by atoms with E-state index in [2.05, 4.69) is 19.1 Å². The van der Waals surface area contributed by atoms with E-state index >= 15 is 0 Å². The summed E-state index contributed by atoms with van der Waals surface area (Å²) < 4.78 is 0. The first-order valence-corrected chi connectivity index (χ1v) is 8.30. The Kier molecular flexibility index (Phi) is 13.6. The van der Waals surface area contributed by atoms with Crippen LogP contribution in [0.3, 0.4) is 0 Å². The number of allylic oxidation sites excluding steroid dienone is 4. The molecule has 0 aromatic carbocycles. The molecule has 0 saturated heterocycles. The minimum atomic E-state index is -0.866. The minimum absolute atomic E-state index is 0.124. The highest BCUT2D eigenvalue weighted by Gasteiger charge is 2.12. The molecule has 0 aliphatic rings. The van der Waals surface area contributed by atoms with Crippen LogP contribution in [-0.2, 0) is 9.59 Å². The van der Waals surface area contributed by atoms with Gasteiger partial charge in [0.25, 0.3) is 0 Å². The molecule has 4 heteroatoms. The first-order chi connectivity index (χ1) is 10.6. The van der Waals surface area contributed by atoms with Gasteiger partial charge in [0.1, 0.15) is 6.10 Å². The number of carbonyl (C=O) groups excluding carboxylic acids is 1. The van der Waals surface area contributed by atoms with Gasteiger partial charge in [0.2, 0.25) is 0 Å². The van der Waals surface area contributed by atoms with E-state index in [0.29, 0.717) is 19.3 Å². The summed E-state index contributed by atoms with van der Waals surface area (Å²) in [5, 5.41) is 18.3. The predicted octanol–water partition coefficient (Wildman–Crippen LogP) is 4.03. The van der Waals surface area contributed by atoms with E-state index in [4.69, 9.17) is 5.11 Å². The maximum absolute atomic E-state index is 11.7. The smallest absolute Gasteiger partial charge is 0.303 e. The van der Waals surface area contributed by atoms with Crippen LogP contribution >= 0.6 is 0 Å². The Morgan fingerprint density at radius 2 is 1.59 bits per heavy atom. The molecule has 2 N–H and O–H groups in total. The molecule has 0 bridgehead atoms. The van der Waals surface area contributed by atoms with Crippen LogP contribution < -0.4 is 0 Å². The highest BCUT2D eigenvalue weighted by atomic mass is 16.4. The van der Waals surface area contributed by atoms with Crippen molar-refractivity contribution >= 4 is 11.8 Å². The normalized spacial score (nSPS) is 13.0. The van der Waals surface area contributed by atoms with E-state index in [0.717, 1.165) is 38.5 Å². The molecule has 0 radical (unpaired) electrons. The highest BCUT2D eigenvalue weighted by Crippen LogP contribution is 2.10. The van der Waals surface area contributed by atoms with Gasteiger partial charge in [-0.2, -0.15) is 0 Å². The molecule has 0 aromatic heterocycles. The molecular weight excluding hydrogens is 280 g/mol. The van der Waals surface area contributed by atoms with E-state index in [1.165, 1.54) is 0 Å². The summed E-state index contributed by atoms with van der Waals surface area (Å²) in [5.74, 6) is -0.874. The second-order valence-electron chi connectivity index (χ2n) is 5.47. The zero-order chi connectivity index (χ0) is 16.6. The van der Waals surface area contributed by atoms with Crippen molar-refractivity contribution in [3.05, 3.63) is 24.3 Å². The van der Waals surface area contributed by atoms with Gasteiger partial charge < -0.3 is 10.2 Å². The zero-order valence-electron chi connectivity index (χ0n) is 13.7. The topological polar surface area (TPSA) is 74.6 Å². The van der Waals surface area contributed by atoms with Crippen LogP contribution in [0, 0.1) is 0 Å². The second-order valence-corrected chi connectivity index (χ2v) is 5.47. The van der Waals surface area contributed by atoms with Crippen LogP contribution in [0.15, 0.2) is 24.3 Å². The van der Waals surface area contributed by atoms with Crippen molar-refractivity contribution in [3.8, 4) is 0 Å². The van der Waals surface area contributed by atoms with Crippen LogP contribution in [-0.4, -0.2) is 28.1 Å². The lowest BCUT2D eigenvalue weighted by molar-refractivity contribution is -0.137. The summed E-state index contributed by atoms with van der Waals surface area (Å²) in [5.41, 5.74) is 0. The molecule has 0 aliphatic heterocycles. The Morgan fingerprint density at radius 3 is 2.27 bits per heavy atom. The van der Waals surface area contributed by atoms with Crippen LogP contribution in [0.4, 0.5) is 0 Å². The number of rotatable bonds is 14. The maximum atomic E-state index is 11.7. The van der Waals surface area contributed by atoms with Gasteiger partial charge in [-0.25, -0.2) is 0 Å². The van der Waals surface area contributed by atoms with Crippen molar-refractivity contribution in [1.29, 1.82) is 0 Å². The van der Waals surface area contributed by atoms with Gasteiger partial charge in [-0.1, -0.05) is 56.9 Å². The summed E-state index contributed by atoms with van der Waals surface area (Å²) >= 11 is 0. The first kappa shape index (κ1) is 20.6. The second kappa shape index (κ2) is 14.5. The van der Waals surface area contributed by atoms with E-state index in [1.54, 1.807) is 0 Å². The monoisotopic (exact) mass is 310 g/mol. The third kappa shape index (κ3) is 13.6. The molecule has 22 heavy (non-hydrogen) atoms. The fraction of sp³-hybridized carbons (Fsp3) is 0.667. The third-order valence-electron chi connectivity index (χ3n) is 3.40. The SMILES string of the molecule is CCC=CCC=CCC(=O)[C@H](O)CCCCCCCC(=O)O. The number of aliphatic carboxylic acids is 1. The van der Waals surface area contributed by atoms with E-state index < -0.39 is 12.1 Å². The minimum Gasteiger partial charge on any atom is -0.481 e. The number of aliphatic hydroxyl groups is 1. The van der Waals surface area contributed by atoms with Crippen molar-refractivity contribution in [2.75, 3.05) is 0 Å². The molecule has 0 spiro atoms. The van der Waals surface area contributed by atoms with Crippen LogP contribution in [0.2, 0.25) is 0 Å². The molecule has 0 fully saturated rings. The first-order valence-electron chi connectivity index (χ1n) is 8.30. The number of carboxylic acids is 1. The molecule has 1 atom stereocenters. The average molecular weight is 310 g/mol. The number of ketones is 1. The van der Waals surface area contributed by atoms with Crippen molar-refractivity contribution < 1.29 is 19.8 Å². The van der Waals surface area contributed by atoms with Crippen LogP contribution in [0.25, 0.3) is 0 Å². The molecule has 4 nitrogen and oxygen atoms in total. The van der Waals surface area contributed by atoms with Gasteiger partial charge in [0, 0.05) is 12.8 Å². The largest absolute Gasteiger partial charge is 0.481 e. The quantitative estimate of drug-likeness (QED) is 0.375. The number of hydrogen-bond acceptors (Lipinski definition) is 3. The summed E-state index contributed by atoms with van der Waals surface area (Å²) in [6, 6.07) is 0. The summed E-state index contributed by atoms with van der Waals surface area (Å²) in [4.78, 5) is 22.0. The van der Waals surface area contributed by atoms with E-state index in [1.807, 2.05) is 12.2 Å². The zero-order valence-corrected chi connectivity index (χ0v) is 13.7. The molecule has 0 aromatic rings. The number of hydrogen-bond donors (Lipinski definition) is 2. The van der Waals surface area contributed by atoms with Gasteiger partial charge in [-0.15, -0.1) is 0 Å². The number of unbranched alkanes of at least 4 members (excludes halogenated alkanes) is 4. The lowest BCUT2D eigenvalue weighted by atomic mass is 10.0. The van der Waals surface area contributed by atoms with E-state index in [9.17, 15) is 14.7 Å². The highest BCUT2D eigenvalue weighted by molar-refractivity contribution is 5.84. The number of aliphatic hydroxyl groups excluding tert-OH is 1. The summed E-state index contributed by atoms with van der Waals surface area (Å²) in [6.45, 7) is 2.08. The molecule has 0 saturated carbocycles. The van der Waals surface area contributed by atoms with Crippen molar-refractivity contribution in [1.82, 2.24) is 0 Å². The molecule has 126 valence electrons. The summed E-state index contributed by atoms with van der Waals surface area (Å²) in [6.07, 6.45) is 14.2. The van der Waals surface area contributed by atoms with Crippen molar-refractivity contribution in [2.45, 2.75) is 77.2 Å². The summed E-state index contributed by atoms with van der Waals surface area (Å²) in [7, 11) is 0. The fourth-order valence-corrected chi connectivity index (χ4v) is 2.08. The van der Waals surface area contributed by atoms with Gasteiger partial charge in [-0.05, 0) is 25.7 Å². The average Bonchev–Trinajstić information content (AvgIpc) is 2.49. The van der Waals surface area contributed by atoms with Crippen LogP contribution in [0.5, 0.6) is 0 Å². The number of carboxylic acid groups (broad SMARTS) is 1. The Morgan fingerprint density at radius 1 is 0.955 bits per heavy atom. The third-order valence-corrected chi connectivity index (χ3v) is 3.40. The van der Waals surface area contributed by atoms with Crippen molar-refractivity contribution in [2.24, 2.45) is 0 Å². The Labute approximate surface area is 133 Å². The van der Waals surface area contributed by atoms with Crippen LogP contribution in [0.1, 0.15) is 71.1 Å². The van der Waals surface area contributed by atoms with Gasteiger partial charge in [0.05, 0.1) is 0 Å². The lowest BCUT2D eigenvalue weighted by Crippen LogP contribution is -2.19. The molecule has 0 heterocycles. The Bertz CT molecular complexity index is 358. The van der Waals surface area contributed by atoms with E-state index in [-0.39, 0.29) is 12.2 Å². The standard InChI is InChI=1S/C18H30O4/c1-2-3-4-5-7-10-13-16(19)17(20)14-11-8-6-9-12-15-18(21)22/h3-4,7,10,17,20H,2,5-6,8-9,11-15H2,1H3,(H,21,22)/t17-/m1/s1. The maximum Gasteiger partial charge on any atom is 0.303 e. The Hall–Kier alpha value is -1.42. The molecule has 0 unspecified atom stereocenters. The predicted molar refractivity (Wildman–Crippen MR) is 88.8 cm³/mol. The molecule has 0 amide bonds. The van der Waals surface area contributed by atoms with Crippen molar-refractivity contribution in [3.63, 3.8) is 0 Å².